The van der Waals surface area contributed by atoms with Crippen LogP contribution in [0, 0.1) is 46.5 Å². The van der Waals surface area contributed by atoms with Crippen molar-refractivity contribution in [3.63, 3.8) is 0 Å². The van der Waals surface area contributed by atoms with Crippen molar-refractivity contribution in [2.45, 2.75) is 13.4 Å². The van der Waals surface area contributed by atoms with Crippen LogP contribution in [0.15, 0.2) is 0 Å². The first-order valence-electron chi connectivity index (χ1n) is 7.54. The second kappa shape index (κ2) is 9.12. The number of nitrogens with two attached hydrogens (primary N) is 2. The van der Waals surface area contributed by atoms with Crippen molar-refractivity contribution < 1.29 is 44.6 Å². The van der Waals surface area contributed by atoms with Gasteiger partial charge in [0.05, 0.1) is 0 Å². The Morgan fingerprint density at radius 2 is 0.667 bits per heavy atom. The van der Waals surface area contributed by atoms with E-state index in [4.69, 9.17) is 81.1 Å². The van der Waals surface area contributed by atoms with E-state index in [1.165, 1.54) is 0 Å². The van der Waals surface area contributed by atoms with Crippen molar-refractivity contribution in [2.24, 2.45) is 0 Å². The molecule has 0 fully saturated rings. The molecule has 2 aromatic rings. The maximum atomic E-state index is 14.3. The molecule has 0 radical (unpaired) electrons. The highest BCUT2D eigenvalue weighted by atomic mass is 35.6. The van der Waals surface area contributed by atoms with E-state index in [2.05, 4.69) is 9.47 Å². The van der Waals surface area contributed by atoms with Crippen LogP contribution < -0.4 is 20.9 Å². The van der Waals surface area contributed by atoms with Gasteiger partial charge in [0.25, 0.3) is 7.59 Å². The van der Waals surface area contributed by atoms with Crippen molar-refractivity contribution >= 4 is 81.0 Å². The Labute approximate surface area is 208 Å². The predicted molar refractivity (Wildman–Crippen MR) is 106 cm³/mol. The van der Waals surface area contributed by atoms with Crippen LogP contribution in [0.25, 0.3) is 0 Å². The van der Waals surface area contributed by atoms with Gasteiger partial charge in [-0.3, -0.25) is 0 Å². The second-order valence-corrected chi connectivity index (χ2v) is 10.4. The summed E-state index contributed by atoms with van der Waals surface area (Å²) in [7, 11) is 0. The Hall–Kier alpha value is -1.18. The molecule has 33 heavy (non-hydrogen) atoms. The van der Waals surface area contributed by atoms with Crippen LogP contribution in [-0.2, 0) is 0 Å². The van der Waals surface area contributed by atoms with E-state index in [-0.39, 0.29) is 0 Å². The molecule has 0 aromatic heterocycles. The summed E-state index contributed by atoms with van der Waals surface area (Å²) in [4.78, 5) is 0. The molecule has 0 aliphatic rings. The number of nitrogen functional groups attached to an aromatic ring is 2. The summed E-state index contributed by atoms with van der Waals surface area (Å²) < 4.78 is 115. The molecule has 0 saturated carbocycles. The van der Waals surface area contributed by atoms with Crippen LogP contribution >= 0.6 is 69.6 Å². The molecule has 0 amide bonds. The largest absolute Gasteiger partial charge is 0.438 e. The molecule has 0 aliphatic carbocycles. The van der Waals surface area contributed by atoms with Crippen molar-refractivity contribution in [1.82, 2.24) is 0 Å². The lowest BCUT2D eigenvalue weighted by Crippen LogP contribution is -2.63. The third-order valence-electron chi connectivity index (χ3n) is 3.75. The minimum atomic E-state index is -4.01. The lowest BCUT2D eigenvalue weighted by Gasteiger charge is -2.43. The Kier molecular flexibility index (Phi) is 7.75. The quantitative estimate of drug-likeness (QED) is 0.131. The van der Waals surface area contributed by atoms with Gasteiger partial charge in [0.15, 0.2) is 23.3 Å². The first-order valence-corrected chi connectivity index (χ1v) is 9.81. The van der Waals surface area contributed by atoms with Gasteiger partial charge >= 0.3 is 5.79 Å². The molecule has 0 unspecified atom stereocenters. The summed E-state index contributed by atoms with van der Waals surface area (Å²) in [5.41, 5.74) is 6.31. The number of halogens is 14. The molecule has 0 aliphatic heterocycles. The fourth-order valence-electron chi connectivity index (χ4n) is 2.14. The number of anilines is 2. The number of ether oxygens (including phenoxy) is 2. The fraction of sp³-hybridized carbons (Fsp3) is 0.200. The zero-order valence-electron chi connectivity index (χ0n) is 14.8. The van der Waals surface area contributed by atoms with Crippen molar-refractivity contribution in [1.29, 1.82) is 0 Å². The zero-order chi connectivity index (χ0) is 25.8. The Balaban J connectivity index is 2.92. The standard InChI is InChI=1S/C15H4Cl6F8N2O2/c16-14(17,18)13(15(19,20)21,32-11-5(26)1(22)9(30)2(23)6(11)27)33-12-7(28)3(24)10(31)4(25)8(12)29/h30-31H2. The Bertz CT molecular complexity index is 980. The highest BCUT2D eigenvalue weighted by Gasteiger charge is 2.68. The molecule has 0 bridgehead atoms. The third kappa shape index (κ3) is 4.57. The summed E-state index contributed by atoms with van der Waals surface area (Å²) in [6, 6.07) is 0. The Morgan fingerprint density at radius 3 is 0.848 bits per heavy atom. The fourth-order valence-corrected chi connectivity index (χ4v) is 3.89. The number of hydrogen-bond acceptors (Lipinski definition) is 4. The van der Waals surface area contributed by atoms with Gasteiger partial charge in [-0.1, -0.05) is 69.6 Å². The lowest BCUT2D eigenvalue weighted by molar-refractivity contribution is -0.115. The number of benzene rings is 2. The van der Waals surface area contributed by atoms with Gasteiger partial charge in [0.1, 0.15) is 11.4 Å². The maximum absolute atomic E-state index is 14.3. The van der Waals surface area contributed by atoms with Crippen LogP contribution in [-0.4, -0.2) is 13.4 Å². The first-order chi connectivity index (χ1) is 14.8. The molecule has 184 valence electrons. The van der Waals surface area contributed by atoms with Gasteiger partial charge in [-0.2, -0.15) is 17.6 Å². The molecular formula is C15H4Cl6F8N2O2. The smallest absolute Gasteiger partial charge is 0.347 e. The molecule has 0 atom stereocenters. The SMILES string of the molecule is Nc1c(F)c(F)c(OC(Oc2c(F)c(F)c(N)c(F)c2F)(C(Cl)(Cl)Cl)C(Cl)(Cl)Cl)c(F)c1F. The molecule has 4 N–H and O–H groups in total. The average molecular weight is 609 g/mol. The highest BCUT2D eigenvalue weighted by Crippen LogP contribution is 2.55. The number of alkyl halides is 6. The van der Waals surface area contributed by atoms with Gasteiger partial charge in [-0.25, -0.2) is 17.6 Å². The summed E-state index contributed by atoms with van der Waals surface area (Å²) in [6.45, 7) is 0. The van der Waals surface area contributed by atoms with Crippen LogP contribution in [0.3, 0.4) is 0 Å². The highest BCUT2D eigenvalue weighted by molar-refractivity contribution is 6.73. The lowest BCUT2D eigenvalue weighted by atomic mass is 10.2. The molecular weight excluding hydrogens is 605 g/mol. The van der Waals surface area contributed by atoms with Crippen molar-refractivity contribution in [3.05, 3.63) is 46.5 Å². The van der Waals surface area contributed by atoms with Gasteiger partial charge in [0.2, 0.25) is 34.8 Å². The molecule has 0 saturated heterocycles. The third-order valence-corrected chi connectivity index (χ3v) is 5.24. The van der Waals surface area contributed by atoms with Crippen LogP contribution in [0.1, 0.15) is 0 Å². The van der Waals surface area contributed by atoms with E-state index in [1.807, 2.05) is 0 Å². The maximum Gasteiger partial charge on any atom is 0.347 e. The van der Waals surface area contributed by atoms with Gasteiger partial charge in [-0.15, -0.1) is 0 Å². The monoisotopic (exact) mass is 606 g/mol. The first kappa shape index (κ1) is 28.1. The number of rotatable bonds is 4. The van der Waals surface area contributed by atoms with Crippen molar-refractivity contribution in [2.75, 3.05) is 11.5 Å². The van der Waals surface area contributed by atoms with Crippen LogP contribution in [0.5, 0.6) is 11.5 Å². The zero-order valence-corrected chi connectivity index (χ0v) is 19.3. The summed E-state index contributed by atoms with van der Waals surface area (Å²) in [5, 5.41) is 0. The van der Waals surface area contributed by atoms with E-state index >= 15 is 0 Å². The van der Waals surface area contributed by atoms with E-state index in [0.29, 0.717) is 0 Å². The summed E-state index contributed by atoms with van der Waals surface area (Å²) >= 11 is 33.5. The van der Waals surface area contributed by atoms with Crippen LogP contribution in [0.2, 0.25) is 0 Å². The number of hydrogen-bond donors (Lipinski definition) is 2. The van der Waals surface area contributed by atoms with Crippen molar-refractivity contribution in [3.8, 4) is 11.5 Å². The molecule has 0 heterocycles. The minimum absolute atomic E-state index is 1.67. The summed E-state index contributed by atoms with van der Waals surface area (Å²) in [5.74, 6) is -27.1. The molecule has 18 heteroatoms. The summed E-state index contributed by atoms with van der Waals surface area (Å²) in [6.07, 6.45) is 0. The molecule has 2 rings (SSSR count). The van der Waals surface area contributed by atoms with E-state index < -0.39 is 82.8 Å². The van der Waals surface area contributed by atoms with Gasteiger partial charge in [0, 0.05) is 0 Å². The van der Waals surface area contributed by atoms with Gasteiger partial charge < -0.3 is 20.9 Å². The topological polar surface area (TPSA) is 70.5 Å². The minimum Gasteiger partial charge on any atom is -0.438 e. The predicted octanol–water partition coefficient (Wildman–Crippen LogP) is 6.86. The van der Waals surface area contributed by atoms with E-state index in [0.717, 1.165) is 0 Å². The van der Waals surface area contributed by atoms with Crippen LogP contribution in [0.4, 0.5) is 46.5 Å². The molecule has 4 nitrogen and oxygen atoms in total. The second-order valence-electron chi connectivity index (χ2n) is 5.81. The van der Waals surface area contributed by atoms with E-state index in [9.17, 15) is 35.1 Å². The molecule has 2 aromatic carbocycles. The van der Waals surface area contributed by atoms with Gasteiger partial charge in [-0.05, 0) is 0 Å². The molecule has 0 spiro atoms. The average Bonchev–Trinajstić information content (AvgIpc) is 2.70. The van der Waals surface area contributed by atoms with E-state index in [1.54, 1.807) is 0 Å². The Morgan fingerprint density at radius 1 is 0.455 bits per heavy atom. The normalized spacial score (nSPS) is 12.8.